The first-order valence-electron chi connectivity index (χ1n) is 4.12. The molecule has 0 atom stereocenters. The third-order valence-electron chi connectivity index (χ3n) is 1.91. The topological polar surface area (TPSA) is 60.5 Å². The van der Waals surface area contributed by atoms with E-state index >= 15 is 0 Å². The molecule has 2 rings (SSSR count). The van der Waals surface area contributed by atoms with Crippen molar-refractivity contribution in [2.75, 3.05) is 0 Å². The average molecular weight is 210 g/mol. The number of thiazole rings is 1. The summed E-state index contributed by atoms with van der Waals surface area (Å²) < 4.78 is 0. The molecule has 0 N–H and O–H groups in total. The molecule has 0 bridgehead atoms. The van der Waals surface area contributed by atoms with Gasteiger partial charge in [0, 0.05) is 11.8 Å². The maximum absolute atomic E-state index is 8.94. The van der Waals surface area contributed by atoms with E-state index < -0.39 is 0 Å². The Morgan fingerprint density at radius 3 is 2.33 bits per heavy atom. The van der Waals surface area contributed by atoms with Crippen molar-refractivity contribution in [3.63, 3.8) is 0 Å². The van der Waals surface area contributed by atoms with Crippen LogP contribution in [0.4, 0.5) is 0 Å². The predicted octanol–water partition coefficient (Wildman–Crippen LogP) is 2.35. The van der Waals surface area contributed by atoms with E-state index in [-0.39, 0.29) is 0 Å². The predicted molar refractivity (Wildman–Crippen MR) is 55.8 cm³/mol. The van der Waals surface area contributed by atoms with Crippen molar-refractivity contribution in [3.8, 4) is 22.7 Å². The highest BCUT2D eigenvalue weighted by molar-refractivity contribution is 7.12. The van der Waals surface area contributed by atoms with Crippen molar-refractivity contribution < 1.29 is 0 Å². The van der Waals surface area contributed by atoms with Gasteiger partial charge in [0.2, 0.25) is 0 Å². The van der Waals surface area contributed by atoms with E-state index in [2.05, 4.69) is 22.5 Å². The molecule has 15 heavy (non-hydrogen) atoms. The van der Waals surface area contributed by atoms with E-state index in [0.717, 1.165) is 0 Å². The SMILES string of the molecule is N#Cc1cccc(C#N)c1-c1nc[c]s1. The van der Waals surface area contributed by atoms with E-state index in [1.165, 1.54) is 17.5 Å². The third kappa shape index (κ3) is 1.59. The van der Waals surface area contributed by atoms with Gasteiger partial charge in [-0.05, 0) is 12.1 Å². The van der Waals surface area contributed by atoms with E-state index in [9.17, 15) is 0 Å². The Kier molecular flexibility index (Phi) is 2.45. The highest BCUT2D eigenvalue weighted by Gasteiger charge is 2.12. The van der Waals surface area contributed by atoms with E-state index in [4.69, 9.17) is 10.5 Å². The lowest BCUT2D eigenvalue weighted by Crippen LogP contribution is -1.88. The molecule has 4 heteroatoms. The number of benzene rings is 1. The number of nitriles is 2. The van der Waals surface area contributed by atoms with Gasteiger partial charge in [-0.2, -0.15) is 10.5 Å². The second-order valence-corrected chi connectivity index (χ2v) is 3.56. The minimum Gasteiger partial charge on any atom is -0.244 e. The van der Waals surface area contributed by atoms with Gasteiger partial charge in [0.15, 0.2) is 0 Å². The number of hydrogen-bond donors (Lipinski definition) is 0. The largest absolute Gasteiger partial charge is 0.244 e. The molecule has 0 unspecified atom stereocenters. The van der Waals surface area contributed by atoms with Crippen molar-refractivity contribution in [1.82, 2.24) is 4.98 Å². The fourth-order valence-corrected chi connectivity index (χ4v) is 1.92. The van der Waals surface area contributed by atoms with Gasteiger partial charge in [0.25, 0.3) is 0 Å². The van der Waals surface area contributed by atoms with Crippen molar-refractivity contribution in [2.45, 2.75) is 0 Å². The number of rotatable bonds is 1. The Morgan fingerprint density at radius 1 is 1.20 bits per heavy atom. The maximum atomic E-state index is 8.94. The molecule has 3 nitrogen and oxygen atoms in total. The van der Waals surface area contributed by atoms with E-state index in [0.29, 0.717) is 21.7 Å². The van der Waals surface area contributed by atoms with Crippen LogP contribution in [0.3, 0.4) is 0 Å². The number of aromatic nitrogens is 1. The quantitative estimate of drug-likeness (QED) is 0.725. The van der Waals surface area contributed by atoms with Crippen LogP contribution in [0.2, 0.25) is 0 Å². The zero-order valence-electron chi connectivity index (χ0n) is 7.56. The molecule has 2 aromatic rings. The van der Waals surface area contributed by atoms with Crippen LogP contribution in [0.5, 0.6) is 0 Å². The van der Waals surface area contributed by atoms with Crippen molar-refractivity contribution in [3.05, 3.63) is 40.9 Å². The number of hydrogen-bond acceptors (Lipinski definition) is 4. The zero-order valence-corrected chi connectivity index (χ0v) is 8.38. The molecular weight excluding hydrogens is 206 g/mol. The summed E-state index contributed by atoms with van der Waals surface area (Å²) in [7, 11) is 0. The van der Waals surface area contributed by atoms with Crippen LogP contribution in [-0.4, -0.2) is 4.98 Å². The summed E-state index contributed by atoms with van der Waals surface area (Å²) in [4.78, 5) is 4.06. The summed E-state index contributed by atoms with van der Waals surface area (Å²) >= 11 is 1.30. The normalized spacial score (nSPS) is 9.20. The molecule has 1 heterocycles. The molecule has 1 aromatic carbocycles. The maximum Gasteiger partial charge on any atom is 0.126 e. The summed E-state index contributed by atoms with van der Waals surface area (Å²) in [6.45, 7) is 0. The average Bonchev–Trinajstić information content (AvgIpc) is 2.81. The Balaban J connectivity index is 2.75. The Labute approximate surface area is 90.9 Å². The van der Waals surface area contributed by atoms with E-state index in [1.54, 1.807) is 18.2 Å². The van der Waals surface area contributed by atoms with Gasteiger partial charge in [-0.25, -0.2) is 4.98 Å². The van der Waals surface area contributed by atoms with Crippen LogP contribution in [0.15, 0.2) is 24.4 Å². The van der Waals surface area contributed by atoms with Crippen molar-refractivity contribution >= 4 is 11.3 Å². The molecule has 0 fully saturated rings. The highest BCUT2D eigenvalue weighted by atomic mass is 32.1. The molecule has 69 valence electrons. The Hall–Kier alpha value is -2.17. The standard InChI is InChI=1S/C11H4N3S/c12-6-8-2-1-3-9(7-13)10(8)11-14-4-5-15-11/h1-4H. The lowest BCUT2D eigenvalue weighted by atomic mass is 10.0. The molecule has 0 spiro atoms. The molecule has 0 saturated heterocycles. The smallest absolute Gasteiger partial charge is 0.126 e. The lowest BCUT2D eigenvalue weighted by Gasteiger charge is -2.01. The van der Waals surface area contributed by atoms with Crippen LogP contribution in [0, 0.1) is 28.0 Å². The van der Waals surface area contributed by atoms with Gasteiger partial charge in [-0.1, -0.05) is 6.07 Å². The summed E-state index contributed by atoms with van der Waals surface area (Å²) in [5.74, 6) is 0. The van der Waals surface area contributed by atoms with Gasteiger partial charge in [0.1, 0.15) is 5.01 Å². The number of nitrogens with zero attached hydrogens (tertiary/aromatic N) is 3. The molecule has 0 amide bonds. The van der Waals surface area contributed by atoms with Gasteiger partial charge in [0.05, 0.1) is 28.6 Å². The fourth-order valence-electron chi connectivity index (χ4n) is 1.28. The molecule has 1 aromatic heterocycles. The Bertz CT molecular complexity index is 526. The van der Waals surface area contributed by atoms with Crippen molar-refractivity contribution in [1.29, 1.82) is 10.5 Å². The van der Waals surface area contributed by atoms with Gasteiger partial charge in [-0.3, -0.25) is 0 Å². The molecule has 0 aliphatic rings. The van der Waals surface area contributed by atoms with Crippen LogP contribution >= 0.6 is 11.3 Å². The molecule has 0 saturated carbocycles. The van der Waals surface area contributed by atoms with Crippen LogP contribution in [-0.2, 0) is 0 Å². The summed E-state index contributed by atoms with van der Waals surface area (Å²) in [5.41, 5.74) is 1.54. The van der Waals surface area contributed by atoms with Gasteiger partial charge in [-0.15, -0.1) is 11.3 Å². The Morgan fingerprint density at radius 2 is 1.87 bits per heavy atom. The third-order valence-corrected chi connectivity index (χ3v) is 2.64. The molecule has 0 aliphatic carbocycles. The minimum absolute atomic E-state index is 0.470. The van der Waals surface area contributed by atoms with Crippen LogP contribution in [0.1, 0.15) is 11.1 Å². The van der Waals surface area contributed by atoms with Crippen LogP contribution in [0.25, 0.3) is 10.6 Å². The summed E-state index contributed by atoms with van der Waals surface area (Å²) in [6, 6.07) is 9.17. The molecule has 1 radical (unpaired) electrons. The summed E-state index contributed by atoms with van der Waals surface area (Å²) in [6.07, 6.45) is 1.54. The first kappa shape index (κ1) is 9.39. The first-order valence-corrected chi connectivity index (χ1v) is 4.94. The minimum atomic E-state index is 0.470. The lowest BCUT2D eigenvalue weighted by molar-refractivity contribution is 1.38. The van der Waals surface area contributed by atoms with Crippen molar-refractivity contribution in [2.24, 2.45) is 0 Å². The first-order chi connectivity index (χ1) is 7.36. The zero-order chi connectivity index (χ0) is 10.7. The monoisotopic (exact) mass is 210 g/mol. The van der Waals surface area contributed by atoms with Crippen LogP contribution < -0.4 is 0 Å². The molecular formula is C11H4N3S. The summed E-state index contributed by atoms with van der Waals surface area (Å²) in [5, 5.41) is 21.4. The van der Waals surface area contributed by atoms with Gasteiger partial charge >= 0.3 is 0 Å². The second kappa shape index (κ2) is 3.91. The second-order valence-electron chi connectivity index (χ2n) is 2.74. The molecule has 0 aliphatic heterocycles. The fraction of sp³-hybridized carbons (Fsp3) is 0. The van der Waals surface area contributed by atoms with E-state index in [1.807, 2.05) is 0 Å². The highest BCUT2D eigenvalue weighted by Crippen LogP contribution is 2.28. The van der Waals surface area contributed by atoms with Gasteiger partial charge < -0.3 is 0 Å².